The molecule has 4 nitrogen and oxygen atoms in total. The average Bonchev–Trinajstić information content (AvgIpc) is 2.91. The zero-order chi connectivity index (χ0) is 13.6. The predicted molar refractivity (Wildman–Crippen MR) is 84.9 cm³/mol. The van der Waals surface area contributed by atoms with Crippen molar-refractivity contribution < 1.29 is 4.74 Å². The molecule has 0 aliphatic rings. The predicted octanol–water partition coefficient (Wildman–Crippen LogP) is 4.18. The summed E-state index contributed by atoms with van der Waals surface area (Å²) in [6, 6.07) is 5.75. The number of ether oxygens (including phenoxy) is 1. The molecule has 98 valence electrons. The first-order chi connectivity index (χ1) is 9.11. The highest BCUT2D eigenvalue weighted by Crippen LogP contribution is 2.40. The van der Waals surface area contributed by atoms with Crippen LogP contribution >= 0.6 is 43.2 Å². The Kier molecular flexibility index (Phi) is 3.28. The summed E-state index contributed by atoms with van der Waals surface area (Å²) in [4.78, 5) is 5.59. The van der Waals surface area contributed by atoms with Crippen LogP contribution in [0.5, 0.6) is 5.75 Å². The Hall–Kier alpha value is -1.05. The van der Waals surface area contributed by atoms with Crippen LogP contribution in [-0.2, 0) is 0 Å². The smallest absolute Gasteiger partial charge is 0.181 e. The first-order valence-electron chi connectivity index (χ1n) is 5.37. The molecular weight excluding hydrogens is 394 g/mol. The number of pyridine rings is 1. The van der Waals surface area contributed by atoms with Crippen molar-refractivity contribution >= 4 is 54.7 Å². The lowest BCUT2D eigenvalue weighted by Crippen LogP contribution is -1.94. The molecule has 0 bridgehead atoms. The monoisotopic (exact) mass is 401 g/mol. The van der Waals surface area contributed by atoms with E-state index in [4.69, 9.17) is 10.5 Å². The summed E-state index contributed by atoms with van der Waals surface area (Å²) in [5, 5.41) is 0. The molecule has 0 aliphatic carbocycles. The van der Waals surface area contributed by atoms with Crippen LogP contribution in [0.1, 0.15) is 0 Å². The van der Waals surface area contributed by atoms with Crippen LogP contribution in [0.4, 0.5) is 5.82 Å². The lowest BCUT2D eigenvalue weighted by atomic mass is 10.3. The number of fused-ring (bicyclic) bond motifs is 1. The Labute approximate surface area is 130 Å². The minimum absolute atomic E-state index is 0.607. The number of nitrogens with two attached hydrogens (primary N) is 1. The van der Waals surface area contributed by atoms with E-state index >= 15 is 0 Å². The second-order valence-corrected chi connectivity index (χ2v) is 7.07. The summed E-state index contributed by atoms with van der Waals surface area (Å²) in [7, 11) is 1.62. The lowest BCUT2D eigenvalue weighted by Gasteiger charge is -2.01. The number of thiophene rings is 1. The molecule has 0 aliphatic heterocycles. The van der Waals surface area contributed by atoms with Gasteiger partial charge in [0.05, 0.1) is 15.8 Å². The van der Waals surface area contributed by atoms with E-state index in [-0.39, 0.29) is 0 Å². The molecule has 0 amide bonds. The molecule has 0 saturated heterocycles. The summed E-state index contributed by atoms with van der Waals surface area (Å²) in [5.41, 5.74) is 7.66. The molecule has 19 heavy (non-hydrogen) atoms. The van der Waals surface area contributed by atoms with Gasteiger partial charge in [0.15, 0.2) is 11.4 Å². The van der Waals surface area contributed by atoms with E-state index in [1.807, 2.05) is 28.8 Å². The van der Waals surface area contributed by atoms with Gasteiger partial charge in [-0.15, -0.1) is 11.3 Å². The molecule has 7 heteroatoms. The fourth-order valence-electron chi connectivity index (χ4n) is 1.86. The molecule has 0 fully saturated rings. The van der Waals surface area contributed by atoms with E-state index in [1.165, 1.54) is 0 Å². The Morgan fingerprint density at radius 3 is 2.84 bits per heavy atom. The van der Waals surface area contributed by atoms with Gasteiger partial charge in [0.2, 0.25) is 0 Å². The minimum Gasteiger partial charge on any atom is -0.493 e. The van der Waals surface area contributed by atoms with E-state index in [2.05, 4.69) is 36.8 Å². The Bertz CT molecular complexity index is 746. The molecule has 0 saturated carbocycles. The lowest BCUT2D eigenvalue weighted by molar-refractivity contribution is 0.417. The number of imidazole rings is 1. The van der Waals surface area contributed by atoms with Gasteiger partial charge in [0, 0.05) is 10.7 Å². The highest BCUT2D eigenvalue weighted by Gasteiger charge is 2.16. The van der Waals surface area contributed by atoms with Crippen LogP contribution in [0.25, 0.3) is 16.2 Å². The Morgan fingerprint density at radius 2 is 2.21 bits per heavy atom. The fraction of sp³-hybridized carbons (Fsp3) is 0.0833. The van der Waals surface area contributed by atoms with E-state index in [0.717, 1.165) is 24.5 Å². The zero-order valence-corrected chi connectivity index (χ0v) is 13.8. The number of aromatic nitrogens is 2. The molecule has 0 unspecified atom stereocenters. The molecule has 3 rings (SSSR count). The van der Waals surface area contributed by atoms with Gasteiger partial charge in [0.1, 0.15) is 11.5 Å². The number of hydrogen-bond acceptors (Lipinski definition) is 4. The van der Waals surface area contributed by atoms with Crippen molar-refractivity contribution in [3.63, 3.8) is 0 Å². The van der Waals surface area contributed by atoms with Crippen molar-refractivity contribution in [2.45, 2.75) is 0 Å². The molecule has 2 N–H and O–H groups in total. The van der Waals surface area contributed by atoms with Crippen molar-refractivity contribution in [2.75, 3.05) is 12.8 Å². The van der Waals surface area contributed by atoms with Crippen LogP contribution in [0.2, 0.25) is 0 Å². The molecule has 0 atom stereocenters. The maximum absolute atomic E-state index is 6.17. The summed E-state index contributed by atoms with van der Waals surface area (Å²) in [5.74, 6) is 1.31. The molecule has 0 aromatic carbocycles. The largest absolute Gasteiger partial charge is 0.493 e. The van der Waals surface area contributed by atoms with Gasteiger partial charge in [0.25, 0.3) is 0 Å². The fourth-order valence-corrected chi connectivity index (χ4v) is 3.90. The number of nitrogens with zero attached hydrogens (tertiary/aromatic N) is 2. The number of anilines is 1. The summed E-state index contributed by atoms with van der Waals surface area (Å²) in [6.07, 6.45) is 1.88. The van der Waals surface area contributed by atoms with E-state index in [1.54, 1.807) is 18.4 Å². The quantitative estimate of drug-likeness (QED) is 0.699. The minimum atomic E-state index is 0.607. The maximum Gasteiger partial charge on any atom is 0.181 e. The van der Waals surface area contributed by atoms with Crippen molar-refractivity contribution in [1.82, 2.24) is 9.38 Å². The highest BCUT2D eigenvalue weighted by atomic mass is 79.9. The number of hydrogen-bond donors (Lipinski definition) is 1. The molecule has 3 aromatic rings. The van der Waals surface area contributed by atoms with E-state index in [9.17, 15) is 0 Å². The summed E-state index contributed by atoms with van der Waals surface area (Å²) >= 11 is 8.54. The summed E-state index contributed by atoms with van der Waals surface area (Å²) in [6.45, 7) is 0. The number of nitrogen functional groups attached to an aromatic ring is 1. The average molecular weight is 403 g/mol. The number of halogens is 2. The third kappa shape index (κ3) is 2.05. The number of rotatable bonds is 2. The zero-order valence-electron chi connectivity index (χ0n) is 9.85. The third-order valence-electron chi connectivity index (χ3n) is 2.75. The third-order valence-corrected chi connectivity index (χ3v) is 6.01. The first kappa shape index (κ1) is 13.0. The van der Waals surface area contributed by atoms with Crippen molar-refractivity contribution in [3.05, 3.63) is 32.7 Å². The van der Waals surface area contributed by atoms with Crippen LogP contribution < -0.4 is 10.5 Å². The Balaban J connectivity index is 2.27. The Morgan fingerprint density at radius 1 is 1.42 bits per heavy atom. The van der Waals surface area contributed by atoms with Gasteiger partial charge < -0.3 is 10.5 Å². The maximum atomic E-state index is 6.17. The molecule has 3 heterocycles. The van der Waals surface area contributed by atoms with Gasteiger partial charge >= 0.3 is 0 Å². The molecule has 0 radical (unpaired) electrons. The van der Waals surface area contributed by atoms with Gasteiger partial charge in [-0.1, -0.05) is 0 Å². The van der Waals surface area contributed by atoms with E-state index in [0.29, 0.717) is 11.6 Å². The summed E-state index contributed by atoms with van der Waals surface area (Å²) < 4.78 is 9.15. The molecular formula is C12H9Br2N3OS. The number of methoxy groups -OCH3 is 1. The van der Waals surface area contributed by atoms with Gasteiger partial charge in [-0.25, -0.2) is 4.98 Å². The molecule has 3 aromatic heterocycles. The van der Waals surface area contributed by atoms with Gasteiger partial charge in [-0.2, -0.15) is 0 Å². The first-order valence-corrected chi connectivity index (χ1v) is 7.78. The van der Waals surface area contributed by atoms with Crippen LogP contribution in [0.3, 0.4) is 0 Å². The highest BCUT2D eigenvalue weighted by molar-refractivity contribution is 9.13. The van der Waals surface area contributed by atoms with Crippen molar-refractivity contribution in [1.29, 1.82) is 0 Å². The van der Waals surface area contributed by atoms with Crippen LogP contribution in [0.15, 0.2) is 32.7 Å². The SMILES string of the molecule is COc1cccn2c(N)c(-c3cc(Br)c(Br)s3)nc12. The van der Waals surface area contributed by atoms with Crippen LogP contribution in [-0.4, -0.2) is 16.5 Å². The van der Waals surface area contributed by atoms with E-state index < -0.39 is 0 Å². The normalized spacial score (nSPS) is 11.1. The van der Waals surface area contributed by atoms with Crippen molar-refractivity contribution in [3.8, 4) is 16.3 Å². The van der Waals surface area contributed by atoms with Crippen LogP contribution in [0, 0.1) is 0 Å². The molecule has 0 spiro atoms. The second-order valence-electron chi connectivity index (χ2n) is 3.85. The van der Waals surface area contributed by atoms with Gasteiger partial charge in [-0.3, -0.25) is 4.40 Å². The van der Waals surface area contributed by atoms with Gasteiger partial charge in [-0.05, 0) is 50.1 Å². The standard InChI is InChI=1S/C12H9Br2N3OS/c1-18-7-3-2-4-17-11(15)9(16-12(7)17)8-5-6(13)10(14)19-8/h2-5H,15H2,1H3. The van der Waals surface area contributed by atoms with Crippen molar-refractivity contribution in [2.24, 2.45) is 0 Å². The second kappa shape index (κ2) is 4.81. The topological polar surface area (TPSA) is 52.5 Å².